The summed E-state index contributed by atoms with van der Waals surface area (Å²) in [6.45, 7) is 7.42. The Morgan fingerprint density at radius 3 is 2.38 bits per heavy atom. The zero-order chi connectivity index (χ0) is 10.2. The van der Waals surface area contributed by atoms with E-state index in [1.807, 2.05) is 20.8 Å². The lowest BCUT2D eigenvalue weighted by molar-refractivity contribution is -0.146. The zero-order valence-electron chi connectivity index (χ0n) is 8.50. The first-order valence-corrected chi connectivity index (χ1v) is 4.40. The van der Waals surface area contributed by atoms with Gasteiger partial charge in [0.1, 0.15) is 6.10 Å². The van der Waals surface area contributed by atoms with E-state index in [1.54, 1.807) is 13.0 Å². The first-order valence-electron chi connectivity index (χ1n) is 4.40. The van der Waals surface area contributed by atoms with Gasteiger partial charge in [-0.25, -0.2) is 4.79 Å². The molecule has 0 bridgehead atoms. The molecule has 0 aromatic carbocycles. The van der Waals surface area contributed by atoms with Crippen LogP contribution < -0.4 is 0 Å². The molecule has 0 aromatic rings. The van der Waals surface area contributed by atoms with Crippen LogP contribution in [0.3, 0.4) is 0 Å². The maximum Gasteiger partial charge on any atom is 0.334 e. The van der Waals surface area contributed by atoms with Gasteiger partial charge in [0.05, 0.1) is 6.10 Å². The van der Waals surface area contributed by atoms with E-state index in [1.165, 1.54) is 0 Å². The number of carbonyl (C=O) groups is 1. The lowest BCUT2D eigenvalue weighted by Crippen LogP contribution is -2.37. The Balaban J connectivity index is 2.72. The highest BCUT2D eigenvalue weighted by Crippen LogP contribution is 2.27. The second-order valence-electron chi connectivity index (χ2n) is 4.53. The topological polar surface area (TPSA) is 46.5 Å². The summed E-state index contributed by atoms with van der Waals surface area (Å²) in [7, 11) is 0. The monoisotopic (exact) mass is 184 g/mol. The maximum absolute atomic E-state index is 11.0. The highest BCUT2D eigenvalue weighted by molar-refractivity contribution is 5.90. The molecule has 1 aliphatic heterocycles. The minimum atomic E-state index is -0.645. The van der Waals surface area contributed by atoms with Crippen molar-refractivity contribution in [1.29, 1.82) is 0 Å². The van der Waals surface area contributed by atoms with Crippen LogP contribution in [0.2, 0.25) is 0 Å². The first kappa shape index (κ1) is 10.3. The van der Waals surface area contributed by atoms with E-state index in [2.05, 4.69) is 0 Å². The van der Waals surface area contributed by atoms with Gasteiger partial charge in [0.25, 0.3) is 0 Å². The quantitative estimate of drug-likeness (QED) is 0.624. The number of aliphatic hydroxyl groups is 1. The van der Waals surface area contributed by atoms with Crippen LogP contribution in [0.4, 0.5) is 0 Å². The van der Waals surface area contributed by atoms with Crippen molar-refractivity contribution >= 4 is 5.97 Å². The first-order chi connectivity index (χ1) is 5.82. The van der Waals surface area contributed by atoms with Crippen LogP contribution in [0.25, 0.3) is 0 Å². The Bertz CT molecular complexity index is 247. The number of hydrogen-bond donors (Lipinski definition) is 1. The van der Waals surface area contributed by atoms with Crippen molar-refractivity contribution in [3.63, 3.8) is 0 Å². The molecule has 0 amide bonds. The fourth-order valence-electron chi connectivity index (χ4n) is 1.21. The fraction of sp³-hybridized carbons (Fsp3) is 0.700. The summed E-state index contributed by atoms with van der Waals surface area (Å²) < 4.78 is 4.98. The number of rotatable bonds is 1. The normalized spacial score (nSPS) is 25.5. The molecule has 0 spiro atoms. The zero-order valence-corrected chi connectivity index (χ0v) is 8.50. The van der Waals surface area contributed by atoms with Gasteiger partial charge >= 0.3 is 5.97 Å². The number of aliphatic hydroxyl groups excluding tert-OH is 1. The number of ether oxygens (including phenoxy) is 1. The summed E-state index contributed by atoms with van der Waals surface area (Å²) in [5, 5.41) is 9.80. The van der Waals surface area contributed by atoms with Gasteiger partial charge in [-0.05, 0) is 18.4 Å². The summed E-state index contributed by atoms with van der Waals surface area (Å²) in [5.74, 6) is -0.326. The van der Waals surface area contributed by atoms with E-state index >= 15 is 0 Å². The SMILES string of the molecule is CC1=C[C@H]([C@H](O)C(C)(C)C)OC1=O. The van der Waals surface area contributed by atoms with Crippen LogP contribution in [0.1, 0.15) is 27.7 Å². The third-order valence-corrected chi connectivity index (χ3v) is 2.18. The second-order valence-corrected chi connectivity index (χ2v) is 4.53. The van der Waals surface area contributed by atoms with Gasteiger partial charge in [-0.15, -0.1) is 0 Å². The van der Waals surface area contributed by atoms with Crippen LogP contribution in [0, 0.1) is 5.41 Å². The highest BCUT2D eigenvalue weighted by atomic mass is 16.6. The number of carbonyl (C=O) groups excluding carboxylic acids is 1. The lowest BCUT2D eigenvalue weighted by atomic mass is 9.86. The molecule has 1 heterocycles. The molecule has 2 atom stereocenters. The summed E-state index contributed by atoms with van der Waals surface area (Å²) in [6, 6.07) is 0. The van der Waals surface area contributed by atoms with Crippen molar-refractivity contribution in [2.45, 2.75) is 39.9 Å². The van der Waals surface area contributed by atoms with Gasteiger partial charge in [-0.2, -0.15) is 0 Å². The minimum absolute atomic E-state index is 0.272. The summed E-state index contributed by atoms with van der Waals surface area (Å²) >= 11 is 0. The van der Waals surface area contributed by atoms with Gasteiger partial charge in [-0.1, -0.05) is 20.8 Å². The van der Waals surface area contributed by atoms with Crippen molar-refractivity contribution in [3.05, 3.63) is 11.6 Å². The van der Waals surface area contributed by atoms with E-state index in [0.29, 0.717) is 5.57 Å². The van der Waals surface area contributed by atoms with Gasteiger partial charge in [0, 0.05) is 5.57 Å². The van der Waals surface area contributed by atoms with E-state index in [4.69, 9.17) is 4.74 Å². The maximum atomic E-state index is 11.0. The molecule has 0 saturated carbocycles. The van der Waals surface area contributed by atoms with Gasteiger partial charge < -0.3 is 9.84 Å². The number of esters is 1. The van der Waals surface area contributed by atoms with Gasteiger partial charge in [-0.3, -0.25) is 0 Å². The molecule has 0 fully saturated rings. The van der Waals surface area contributed by atoms with E-state index in [0.717, 1.165) is 0 Å². The molecule has 0 aromatic heterocycles. The summed E-state index contributed by atoms with van der Waals surface area (Å²) in [6.07, 6.45) is 0.555. The summed E-state index contributed by atoms with van der Waals surface area (Å²) in [5.41, 5.74) is 0.305. The van der Waals surface area contributed by atoms with Crippen molar-refractivity contribution in [1.82, 2.24) is 0 Å². The van der Waals surface area contributed by atoms with Crippen LogP contribution in [-0.2, 0) is 9.53 Å². The standard InChI is InChI=1S/C10H16O3/c1-6-5-7(13-9(6)12)8(11)10(2,3)4/h5,7-8,11H,1-4H3/t7-,8+/m1/s1. The van der Waals surface area contributed by atoms with E-state index in [9.17, 15) is 9.90 Å². The largest absolute Gasteiger partial charge is 0.452 e. The molecule has 1 aliphatic rings. The van der Waals surface area contributed by atoms with Gasteiger partial charge in [0.2, 0.25) is 0 Å². The van der Waals surface area contributed by atoms with Crippen molar-refractivity contribution in [3.8, 4) is 0 Å². The molecular formula is C10H16O3. The average molecular weight is 184 g/mol. The van der Waals surface area contributed by atoms with Crippen LogP contribution in [-0.4, -0.2) is 23.3 Å². The Morgan fingerprint density at radius 2 is 2.08 bits per heavy atom. The fourth-order valence-corrected chi connectivity index (χ4v) is 1.21. The third kappa shape index (κ3) is 2.10. The molecule has 0 radical (unpaired) electrons. The second kappa shape index (κ2) is 3.14. The molecule has 3 nitrogen and oxygen atoms in total. The predicted molar refractivity (Wildman–Crippen MR) is 49.1 cm³/mol. The average Bonchev–Trinajstić information content (AvgIpc) is 2.29. The highest BCUT2D eigenvalue weighted by Gasteiger charge is 2.35. The Kier molecular flexibility index (Phi) is 2.48. The molecule has 0 saturated heterocycles. The molecule has 13 heavy (non-hydrogen) atoms. The molecule has 1 rings (SSSR count). The lowest BCUT2D eigenvalue weighted by Gasteiger charge is -2.28. The Labute approximate surface area is 78.4 Å². The molecule has 0 aliphatic carbocycles. The molecular weight excluding hydrogens is 168 g/mol. The van der Waals surface area contributed by atoms with Crippen molar-refractivity contribution in [2.75, 3.05) is 0 Å². The molecule has 74 valence electrons. The molecule has 1 N–H and O–H groups in total. The van der Waals surface area contributed by atoms with E-state index < -0.39 is 12.2 Å². The van der Waals surface area contributed by atoms with Crippen molar-refractivity contribution in [2.24, 2.45) is 5.41 Å². The minimum Gasteiger partial charge on any atom is -0.452 e. The number of hydrogen-bond acceptors (Lipinski definition) is 3. The van der Waals surface area contributed by atoms with E-state index in [-0.39, 0.29) is 11.4 Å². The molecule has 0 unspecified atom stereocenters. The molecule has 3 heteroatoms. The third-order valence-electron chi connectivity index (χ3n) is 2.18. The van der Waals surface area contributed by atoms with Crippen LogP contribution in [0.15, 0.2) is 11.6 Å². The Morgan fingerprint density at radius 1 is 1.54 bits per heavy atom. The predicted octanol–water partition coefficient (Wildman–Crippen LogP) is 1.27. The van der Waals surface area contributed by atoms with Crippen molar-refractivity contribution < 1.29 is 14.6 Å². The van der Waals surface area contributed by atoms with Crippen LogP contribution >= 0.6 is 0 Å². The summed E-state index contributed by atoms with van der Waals surface area (Å²) in [4.78, 5) is 11.0. The number of cyclic esters (lactones) is 1. The van der Waals surface area contributed by atoms with Crippen LogP contribution in [0.5, 0.6) is 0 Å². The Hall–Kier alpha value is -0.830. The van der Waals surface area contributed by atoms with Gasteiger partial charge in [0.15, 0.2) is 0 Å². The smallest absolute Gasteiger partial charge is 0.334 e.